The first kappa shape index (κ1) is 19.3. The second-order valence-corrected chi connectivity index (χ2v) is 7.35. The monoisotopic (exact) mass is 389 g/mol. The van der Waals surface area contributed by atoms with Crippen LogP contribution in [0.1, 0.15) is 41.8 Å². The zero-order chi connectivity index (χ0) is 20.4. The van der Waals surface area contributed by atoms with E-state index in [1.165, 1.54) is 22.3 Å². The summed E-state index contributed by atoms with van der Waals surface area (Å²) in [5.74, 6) is 2.26. The van der Waals surface area contributed by atoms with E-state index >= 15 is 0 Å². The molecule has 0 spiro atoms. The number of nitrogens with zero attached hydrogens (tertiary/aromatic N) is 1. The molecule has 2 heterocycles. The Kier molecular flexibility index (Phi) is 5.43. The molecule has 29 heavy (non-hydrogen) atoms. The predicted octanol–water partition coefficient (Wildman–Crippen LogP) is 5.80. The summed E-state index contributed by atoms with van der Waals surface area (Å²) in [6.07, 6.45) is 2.00. The average molecular weight is 389 g/mol. The van der Waals surface area contributed by atoms with Gasteiger partial charge in [0.1, 0.15) is 12.4 Å². The van der Waals surface area contributed by atoms with E-state index < -0.39 is 0 Å². The average Bonchev–Trinajstić information content (AvgIpc) is 3.20. The number of rotatable bonds is 6. The highest BCUT2D eigenvalue weighted by atomic mass is 16.7. The first-order valence-corrected chi connectivity index (χ1v) is 10.2. The van der Waals surface area contributed by atoms with Gasteiger partial charge in [0, 0.05) is 22.9 Å². The van der Waals surface area contributed by atoms with Gasteiger partial charge in [-0.15, -0.1) is 0 Å². The van der Waals surface area contributed by atoms with Gasteiger partial charge < -0.3 is 14.2 Å². The maximum absolute atomic E-state index is 6.04. The Bertz CT molecular complexity index is 997. The molecule has 1 aromatic heterocycles. The molecule has 150 valence electrons. The number of hydrogen-bond donors (Lipinski definition) is 0. The van der Waals surface area contributed by atoms with E-state index in [2.05, 4.69) is 52.0 Å². The van der Waals surface area contributed by atoms with E-state index in [4.69, 9.17) is 19.2 Å². The minimum Gasteiger partial charge on any atom is -0.489 e. The lowest BCUT2D eigenvalue weighted by Crippen LogP contribution is -2.05. The molecule has 0 saturated carbocycles. The van der Waals surface area contributed by atoms with Crippen molar-refractivity contribution < 1.29 is 14.2 Å². The van der Waals surface area contributed by atoms with Crippen molar-refractivity contribution in [3.8, 4) is 28.5 Å². The van der Waals surface area contributed by atoms with Crippen molar-refractivity contribution >= 4 is 0 Å². The van der Waals surface area contributed by atoms with E-state index in [1.54, 1.807) is 0 Å². The zero-order valence-electron chi connectivity index (χ0n) is 17.5. The second kappa shape index (κ2) is 8.16. The Balaban J connectivity index is 1.61. The zero-order valence-corrected chi connectivity index (χ0v) is 17.5. The van der Waals surface area contributed by atoms with Crippen LogP contribution in [0.2, 0.25) is 0 Å². The quantitative estimate of drug-likeness (QED) is 0.534. The lowest BCUT2D eigenvalue weighted by Gasteiger charge is -2.17. The third-order valence-corrected chi connectivity index (χ3v) is 5.54. The van der Waals surface area contributed by atoms with Gasteiger partial charge in [-0.3, -0.25) is 4.98 Å². The topological polar surface area (TPSA) is 40.6 Å². The third kappa shape index (κ3) is 3.80. The van der Waals surface area contributed by atoms with Crippen molar-refractivity contribution in [2.75, 3.05) is 6.79 Å². The van der Waals surface area contributed by atoms with E-state index in [-0.39, 0.29) is 6.79 Å². The van der Waals surface area contributed by atoms with Gasteiger partial charge in [-0.1, -0.05) is 32.0 Å². The van der Waals surface area contributed by atoms with Crippen LogP contribution in [-0.4, -0.2) is 11.8 Å². The van der Waals surface area contributed by atoms with Crippen LogP contribution in [-0.2, 0) is 19.4 Å². The third-order valence-electron chi connectivity index (χ3n) is 5.54. The normalized spacial score (nSPS) is 12.3. The molecule has 0 bridgehead atoms. The van der Waals surface area contributed by atoms with Gasteiger partial charge in [-0.25, -0.2) is 0 Å². The number of aryl methyl sites for hydroxylation is 4. The molecule has 1 aliphatic heterocycles. The molecule has 0 radical (unpaired) electrons. The molecule has 4 nitrogen and oxygen atoms in total. The van der Waals surface area contributed by atoms with Gasteiger partial charge in [0.05, 0.1) is 5.69 Å². The summed E-state index contributed by atoms with van der Waals surface area (Å²) >= 11 is 0. The number of aromatic nitrogens is 1. The van der Waals surface area contributed by atoms with Crippen LogP contribution in [0, 0.1) is 13.8 Å². The molecule has 0 aliphatic carbocycles. The fourth-order valence-corrected chi connectivity index (χ4v) is 3.90. The summed E-state index contributed by atoms with van der Waals surface area (Å²) in [6, 6.07) is 14.4. The molecule has 1 aliphatic rings. The Morgan fingerprint density at radius 3 is 2.34 bits per heavy atom. The van der Waals surface area contributed by atoms with Crippen LogP contribution in [0.3, 0.4) is 0 Å². The van der Waals surface area contributed by atoms with E-state index in [0.29, 0.717) is 6.61 Å². The molecular formula is C25H27NO3. The first-order valence-electron chi connectivity index (χ1n) is 10.2. The highest BCUT2D eigenvalue weighted by Crippen LogP contribution is 2.35. The minimum atomic E-state index is 0.265. The number of ether oxygens (including phenoxy) is 3. The molecule has 0 amide bonds. The van der Waals surface area contributed by atoms with Gasteiger partial charge in [0.25, 0.3) is 0 Å². The summed E-state index contributed by atoms with van der Waals surface area (Å²) in [4.78, 5) is 4.97. The maximum atomic E-state index is 6.04. The van der Waals surface area contributed by atoms with E-state index in [1.807, 2.05) is 18.2 Å². The molecule has 3 aromatic rings. The van der Waals surface area contributed by atoms with Gasteiger partial charge in [0.15, 0.2) is 11.5 Å². The highest BCUT2D eigenvalue weighted by molar-refractivity contribution is 5.69. The summed E-state index contributed by atoms with van der Waals surface area (Å²) in [6.45, 7) is 9.34. The van der Waals surface area contributed by atoms with Gasteiger partial charge in [-0.05, 0) is 61.6 Å². The van der Waals surface area contributed by atoms with Crippen molar-refractivity contribution in [3.05, 3.63) is 70.4 Å². The van der Waals surface area contributed by atoms with E-state index in [9.17, 15) is 0 Å². The Morgan fingerprint density at radius 1 is 0.931 bits per heavy atom. The summed E-state index contributed by atoms with van der Waals surface area (Å²) < 4.78 is 16.8. The van der Waals surface area contributed by atoms with Crippen molar-refractivity contribution in [3.63, 3.8) is 0 Å². The Labute approximate surface area is 172 Å². The van der Waals surface area contributed by atoms with Crippen LogP contribution in [0.25, 0.3) is 11.3 Å². The molecule has 2 aromatic carbocycles. The standard InChI is InChI=1S/C25H27NO3/c1-5-18-8-7-9-19(6-2)25(18)22-12-16(3)21(17(4)26-22)14-27-20-10-11-23-24(13-20)29-15-28-23/h7-13H,5-6,14-15H2,1-4H3. The predicted molar refractivity (Wildman–Crippen MR) is 115 cm³/mol. The lowest BCUT2D eigenvalue weighted by atomic mass is 9.93. The molecule has 4 rings (SSSR count). The van der Waals surface area contributed by atoms with E-state index in [0.717, 1.165) is 47.0 Å². The first-order chi connectivity index (χ1) is 14.1. The summed E-state index contributed by atoms with van der Waals surface area (Å²) in [5, 5.41) is 0. The number of pyridine rings is 1. The van der Waals surface area contributed by atoms with Crippen molar-refractivity contribution in [1.29, 1.82) is 0 Å². The molecule has 0 fully saturated rings. The fraction of sp³-hybridized carbons (Fsp3) is 0.320. The van der Waals surface area contributed by atoms with Crippen molar-refractivity contribution in [2.45, 2.75) is 47.1 Å². The van der Waals surface area contributed by atoms with Crippen molar-refractivity contribution in [2.24, 2.45) is 0 Å². The number of benzene rings is 2. The second-order valence-electron chi connectivity index (χ2n) is 7.35. The van der Waals surface area contributed by atoms with Gasteiger partial charge in [-0.2, -0.15) is 0 Å². The van der Waals surface area contributed by atoms with Crippen LogP contribution in [0.4, 0.5) is 0 Å². The summed E-state index contributed by atoms with van der Waals surface area (Å²) in [7, 11) is 0. The number of fused-ring (bicyclic) bond motifs is 1. The Morgan fingerprint density at radius 2 is 1.66 bits per heavy atom. The van der Waals surface area contributed by atoms with Crippen LogP contribution in [0.15, 0.2) is 42.5 Å². The maximum Gasteiger partial charge on any atom is 0.231 e. The van der Waals surface area contributed by atoms with Crippen LogP contribution < -0.4 is 14.2 Å². The molecular weight excluding hydrogens is 362 g/mol. The smallest absolute Gasteiger partial charge is 0.231 e. The fourth-order valence-electron chi connectivity index (χ4n) is 3.90. The molecule has 0 saturated heterocycles. The van der Waals surface area contributed by atoms with Gasteiger partial charge >= 0.3 is 0 Å². The highest BCUT2D eigenvalue weighted by Gasteiger charge is 2.16. The Hall–Kier alpha value is -3.01. The molecule has 0 atom stereocenters. The number of hydrogen-bond acceptors (Lipinski definition) is 4. The lowest BCUT2D eigenvalue weighted by molar-refractivity contribution is 0.173. The molecule has 0 N–H and O–H groups in total. The SMILES string of the molecule is CCc1cccc(CC)c1-c1cc(C)c(COc2ccc3c(c2)OCO3)c(C)n1. The van der Waals surface area contributed by atoms with Crippen molar-refractivity contribution in [1.82, 2.24) is 4.98 Å². The van der Waals surface area contributed by atoms with Gasteiger partial charge in [0.2, 0.25) is 6.79 Å². The molecule has 0 unspecified atom stereocenters. The van der Waals surface area contributed by atoms with Crippen LogP contribution >= 0.6 is 0 Å². The molecule has 4 heteroatoms. The largest absolute Gasteiger partial charge is 0.489 e. The minimum absolute atomic E-state index is 0.265. The van der Waals surface area contributed by atoms with Crippen LogP contribution in [0.5, 0.6) is 17.2 Å². The summed E-state index contributed by atoms with van der Waals surface area (Å²) in [5.41, 5.74) is 8.36.